The second-order valence-corrected chi connectivity index (χ2v) is 7.07. The first kappa shape index (κ1) is 18.0. The first-order valence-corrected chi connectivity index (χ1v) is 8.93. The highest BCUT2D eigenvalue weighted by Crippen LogP contribution is 2.27. The summed E-state index contributed by atoms with van der Waals surface area (Å²) in [5, 5.41) is 6.46. The van der Waals surface area contributed by atoms with E-state index in [9.17, 15) is 4.79 Å². The third-order valence-corrected chi connectivity index (χ3v) is 5.31. The van der Waals surface area contributed by atoms with Crippen LogP contribution in [0.2, 0.25) is 0 Å². The zero-order valence-electron chi connectivity index (χ0n) is 14.4. The molecule has 0 aromatic heterocycles. The molecule has 1 aliphatic carbocycles. The van der Waals surface area contributed by atoms with Crippen molar-refractivity contribution in [1.29, 1.82) is 0 Å². The Bertz CT molecular complexity index is 759. The molecule has 132 valence electrons. The molecule has 2 aromatic rings. The van der Waals surface area contributed by atoms with Crippen molar-refractivity contribution >= 4 is 18.3 Å². The molecule has 25 heavy (non-hydrogen) atoms. The second kappa shape index (κ2) is 8.03. The average molecular weight is 357 g/mol. The number of rotatable bonds is 4. The number of nitrogens with one attached hydrogen (secondary N) is 2. The van der Waals surface area contributed by atoms with Gasteiger partial charge in [0.15, 0.2) is 0 Å². The van der Waals surface area contributed by atoms with Gasteiger partial charge in [-0.1, -0.05) is 42.5 Å². The zero-order valence-corrected chi connectivity index (χ0v) is 15.2. The lowest BCUT2D eigenvalue weighted by Gasteiger charge is -2.24. The summed E-state index contributed by atoms with van der Waals surface area (Å²) in [7, 11) is 0. The second-order valence-electron chi connectivity index (χ2n) is 7.07. The molecule has 1 heterocycles. The van der Waals surface area contributed by atoms with Gasteiger partial charge in [-0.2, -0.15) is 0 Å². The monoisotopic (exact) mass is 356 g/mol. The molecule has 4 heteroatoms. The van der Waals surface area contributed by atoms with Gasteiger partial charge in [-0.3, -0.25) is 4.79 Å². The third-order valence-electron chi connectivity index (χ3n) is 5.31. The van der Waals surface area contributed by atoms with Crippen LogP contribution in [0.1, 0.15) is 40.7 Å². The normalized spacial score (nSPS) is 18.0. The fourth-order valence-electron chi connectivity index (χ4n) is 3.94. The Labute approximate surface area is 155 Å². The fraction of sp³-hybridized carbons (Fsp3) is 0.381. The summed E-state index contributed by atoms with van der Waals surface area (Å²) < 4.78 is 0. The lowest BCUT2D eigenvalue weighted by Crippen LogP contribution is -2.27. The molecule has 0 bridgehead atoms. The van der Waals surface area contributed by atoms with E-state index >= 15 is 0 Å². The van der Waals surface area contributed by atoms with Gasteiger partial charge in [-0.15, -0.1) is 12.4 Å². The van der Waals surface area contributed by atoms with Crippen LogP contribution in [0.4, 0.5) is 0 Å². The van der Waals surface area contributed by atoms with Gasteiger partial charge < -0.3 is 10.6 Å². The Hall–Kier alpha value is -1.84. The molecule has 2 aliphatic rings. The van der Waals surface area contributed by atoms with E-state index in [1.165, 1.54) is 27.8 Å². The number of halogens is 1. The van der Waals surface area contributed by atoms with Crippen molar-refractivity contribution in [2.75, 3.05) is 0 Å². The van der Waals surface area contributed by atoms with Crippen molar-refractivity contribution in [3.63, 3.8) is 0 Å². The molecule has 2 aromatic carbocycles. The Morgan fingerprint density at radius 1 is 1.04 bits per heavy atom. The molecule has 1 aliphatic heterocycles. The minimum absolute atomic E-state index is 0. The molecular formula is C21H25ClN2O. The molecule has 1 unspecified atom stereocenters. The van der Waals surface area contributed by atoms with Crippen LogP contribution in [0, 0.1) is 5.92 Å². The predicted molar refractivity (Wildman–Crippen MR) is 103 cm³/mol. The highest BCUT2D eigenvalue weighted by Gasteiger charge is 2.20. The van der Waals surface area contributed by atoms with Crippen molar-refractivity contribution in [2.45, 2.75) is 45.3 Å². The molecule has 0 fully saturated rings. The lowest BCUT2D eigenvalue weighted by atomic mass is 9.82. The van der Waals surface area contributed by atoms with Gasteiger partial charge in [0.05, 0.1) is 0 Å². The maximum atomic E-state index is 12.3. The molecule has 1 atom stereocenters. The largest absolute Gasteiger partial charge is 0.352 e. The van der Waals surface area contributed by atoms with Crippen molar-refractivity contribution in [1.82, 2.24) is 10.6 Å². The molecule has 0 radical (unpaired) electrons. The van der Waals surface area contributed by atoms with E-state index in [0.29, 0.717) is 18.9 Å². The fourth-order valence-corrected chi connectivity index (χ4v) is 3.94. The number of carbonyl (C=O) groups excluding carboxylic acids is 1. The Morgan fingerprint density at radius 3 is 2.72 bits per heavy atom. The minimum Gasteiger partial charge on any atom is -0.352 e. The third kappa shape index (κ3) is 4.23. The van der Waals surface area contributed by atoms with E-state index in [1.807, 2.05) is 0 Å². The van der Waals surface area contributed by atoms with Gasteiger partial charge >= 0.3 is 0 Å². The van der Waals surface area contributed by atoms with E-state index < -0.39 is 0 Å². The first-order chi connectivity index (χ1) is 11.8. The number of fused-ring (bicyclic) bond motifs is 2. The highest BCUT2D eigenvalue weighted by molar-refractivity contribution is 5.85. The maximum Gasteiger partial charge on any atom is 0.220 e. The summed E-state index contributed by atoms with van der Waals surface area (Å²) in [6.45, 7) is 2.54. The SMILES string of the molecule is Cl.O=C(CC1CCc2ccccc2C1)NCc1ccc2c(c1)CNC2. The topological polar surface area (TPSA) is 41.1 Å². The quantitative estimate of drug-likeness (QED) is 0.880. The number of hydrogen-bond acceptors (Lipinski definition) is 2. The van der Waals surface area contributed by atoms with Crippen LogP contribution in [0.5, 0.6) is 0 Å². The zero-order chi connectivity index (χ0) is 16.4. The summed E-state index contributed by atoms with van der Waals surface area (Å²) in [4.78, 5) is 12.3. The van der Waals surface area contributed by atoms with E-state index in [1.54, 1.807) is 0 Å². The average Bonchev–Trinajstić information content (AvgIpc) is 3.07. The summed E-state index contributed by atoms with van der Waals surface area (Å²) in [6, 6.07) is 15.2. The van der Waals surface area contributed by atoms with Gasteiger partial charge in [-0.25, -0.2) is 0 Å². The smallest absolute Gasteiger partial charge is 0.220 e. The van der Waals surface area contributed by atoms with E-state index in [-0.39, 0.29) is 18.3 Å². The number of carbonyl (C=O) groups is 1. The van der Waals surface area contributed by atoms with Crippen LogP contribution in [0.15, 0.2) is 42.5 Å². The van der Waals surface area contributed by atoms with Crippen LogP contribution in [-0.2, 0) is 37.3 Å². The maximum absolute atomic E-state index is 12.3. The Kier molecular flexibility index (Phi) is 5.77. The minimum atomic E-state index is 0. The van der Waals surface area contributed by atoms with Crippen molar-refractivity contribution < 1.29 is 4.79 Å². The summed E-state index contributed by atoms with van der Waals surface area (Å²) in [5.41, 5.74) is 6.82. The molecule has 3 nitrogen and oxygen atoms in total. The van der Waals surface area contributed by atoms with Crippen LogP contribution in [0.25, 0.3) is 0 Å². The van der Waals surface area contributed by atoms with Crippen LogP contribution in [-0.4, -0.2) is 5.91 Å². The highest BCUT2D eigenvalue weighted by atomic mass is 35.5. The van der Waals surface area contributed by atoms with Gasteiger partial charge in [0.25, 0.3) is 0 Å². The summed E-state index contributed by atoms with van der Waals surface area (Å²) in [6.07, 6.45) is 3.90. The van der Waals surface area contributed by atoms with Gasteiger partial charge in [0.2, 0.25) is 5.91 Å². The van der Waals surface area contributed by atoms with E-state index in [2.05, 4.69) is 53.1 Å². The van der Waals surface area contributed by atoms with Crippen LogP contribution < -0.4 is 10.6 Å². The molecular weight excluding hydrogens is 332 g/mol. The van der Waals surface area contributed by atoms with Crippen LogP contribution in [0.3, 0.4) is 0 Å². The van der Waals surface area contributed by atoms with Crippen LogP contribution >= 0.6 is 12.4 Å². The standard InChI is InChI=1S/C21H24N2O.ClH/c24-21(11-15-5-7-17-3-1-2-4-18(17)9-15)23-12-16-6-8-19-13-22-14-20(19)10-16;/h1-4,6,8,10,15,22H,5,7,9,11-14H2,(H,23,24);1H. The molecule has 0 spiro atoms. The number of aryl methyl sites for hydroxylation is 1. The Morgan fingerprint density at radius 2 is 1.84 bits per heavy atom. The van der Waals surface area contributed by atoms with Gasteiger partial charge in [-0.05, 0) is 53.0 Å². The van der Waals surface area contributed by atoms with Crippen molar-refractivity contribution in [3.8, 4) is 0 Å². The molecule has 0 saturated carbocycles. The lowest BCUT2D eigenvalue weighted by molar-refractivity contribution is -0.122. The number of benzene rings is 2. The Balaban J connectivity index is 0.00000182. The van der Waals surface area contributed by atoms with Gasteiger partial charge in [0.1, 0.15) is 0 Å². The summed E-state index contributed by atoms with van der Waals surface area (Å²) >= 11 is 0. The van der Waals surface area contributed by atoms with E-state index in [4.69, 9.17) is 0 Å². The molecule has 4 rings (SSSR count). The van der Waals surface area contributed by atoms with Gasteiger partial charge in [0, 0.05) is 26.1 Å². The van der Waals surface area contributed by atoms with Crippen molar-refractivity contribution in [2.24, 2.45) is 5.92 Å². The molecule has 0 saturated heterocycles. The molecule has 1 amide bonds. The van der Waals surface area contributed by atoms with E-state index in [0.717, 1.165) is 32.4 Å². The number of hydrogen-bond donors (Lipinski definition) is 2. The number of amides is 1. The predicted octanol–water partition coefficient (Wildman–Crippen LogP) is 3.52. The first-order valence-electron chi connectivity index (χ1n) is 8.93. The molecule has 2 N–H and O–H groups in total. The van der Waals surface area contributed by atoms with Crippen molar-refractivity contribution in [3.05, 3.63) is 70.3 Å². The summed E-state index contributed by atoms with van der Waals surface area (Å²) in [5.74, 6) is 0.655.